The van der Waals surface area contributed by atoms with Crippen molar-refractivity contribution in [3.63, 3.8) is 0 Å². The largest absolute Gasteiger partial charge is 0.465 e. The van der Waals surface area contributed by atoms with Gasteiger partial charge in [-0.1, -0.05) is 12.2 Å². The first kappa shape index (κ1) is 17.9. The fourth-order valence-electron chi connectivity index (χ4n) is 4.49. The van der Waals surface area contributed by atoms with E-state index in [1.807, 2.05) is 19.1 Å². The van der Waals surface area contributed by atoms with E-state index in [2.05, 4.69) is 5.32 Å². The Hall–Kier alpha value is -2.48. The summed E-state index contributed by atoms with van der Waals surface area (Å²) in [5.41, 5.74) is 1.05. The van der Waals surface area contributed by atoms with E-state index in [0.29, 0.717) is 10.6 Å². The number of methoxy groups -OCH3 is 1. The normalized spacial score (nSPS) is 28.0. The van der Waals surface area contributed by atoms with E-state index in [1.165, 1.54) is 18.4 Å². The fourth-order valence-corrected chi connectivity index (χ4v) is 5.56. The van der Waals surface area contributed by atoms with Gasteiger partial charge in [0.05, 0.1) is 24.5 Å². The molecule has 7 nitrogen and oxygen atoms in total. The fraction of sp³-hybridized carbons (Fsp3) is 0.474. The Balaban J connectivity index is 1.50. The molecule has 0 radical (unpaired) electrons. The standard InChI is InChI=1S/C19H20N2O5S/c1-8-9(2)27-16(13(8)19(25)26-3)20-12(22)7-21-17(23)14-10-4-5-11(6-10)15(14)18(21)24/h4-5,10-11,14-15H,6-7H2,1-3H3,(H,20,22). The van der Waals surface area contributed by atoms with Crippen LogP contribution in [0.5, 0.6) is 0 Å². The van der Waals surface area contributed by atoms with E-state index < -0.39 is 11.9 Å². The number of carbonyl (C=O) groups is 4. The molecular formula is C19H20N2O5S. The molecule has 142 valence electrons. The monoisotopic (exact) mass is 388 g/mol. The maximum atomic E-state index is 12.7. The summed E-state index contributed by atoms with van der Waals surface area (Å²) in [6.07, 6.45) is 4.88. The van der Waals surface area contributed by atoms with Crippen molar-refractivity contribution in [2.24, 2.45) is 23.7 Å². The number of carbonyl (C=O) groups excluding carboxylic acids is 4. The number of hydrogen-bond acceptors (Lipinski definition) is 6. The van der Waals surface area contributed by atoms with Gasteiger partial charge < -0.3 is 10.1 Å². The maximum Gasteiger partial charge on any atom is 0.341 e. The predicted molar refractivity (Wildman–Crippen MR) is 98.2 cm³/mol. The molecule has 4 rings (SSSR count). The molecule has 1 aromatic heterocycles. The minimum atomic E-state index is -0.530. The number of ether oxygens (including phenoxy) is 1. The van der Waals surface area contributed by atoms with Crippen molar-refractivity contribution in [3.05, 3.63) is 28.2 Å². The average Bonchev–Trinajstić information content (AvgIpc) is 3.36. The Bertz CT molecular complexity index is 872. The molecule has 0 spiro atoms. The number of aryl methyl sites for hydroxylation is 1. The van der Waals surface area contributed by atoms with Gasteiger partial charge in [0.25, 0.3) is 0 Å². The predicted octanol–water partition coefficient (Wildman–Crippen LogP) is 1.90. The van der Waals surface area contributed by atoms with Gasteiger partial charge in [0.1, 0.15) is 11.5 Å². The second-order valence-corrected chi connectivity index (χ2v) is 8.51. The topological polar surface area (TPSA) is 92.8 Å². The van der Waals surface area contributed by atoms with Gasteiger partial charge in [-0.3, -0.25) is 19.3 Å². The minimum absolute atomic E-state index is 0.109. The molecule has 3 amide bonds. The number of hydrogen-bond donors (Lipinski definition) is 1. The number of nitrogens with one attached hydrogen (secondary N) is 1. The quantitative estimate of drug-likeness (QED) is 0.483. The Kier molecular flexibility index (Phi) is 4.18. The van der Waals surface area contributed by atoms with Gasteiger partial charge in [-0.05, 0) is 37.7 Å². The molecule has 2 fully saturated rings. The lowest BCUT2D eigenvalue weighted by atomic mass is 9.85. The highest BCUT2D eigenvalue weighted by Crippen LogP contribution is 2.52. The van der Waals surface area contributed by atoms with Crippen molar-refractivity contribution in [2.75, 3.05) is 19.0 Å². The number of rotatable bonds is 4. The molecule has 2 bridgehead atoms. The van der Waals surface area contributed by atoms with Crippen LogP contribution in [0.2, 0.25) is 0 Å². The van der Waals surface area contributed by atoms with Crippen LogP contribution in [-0.2, 0) is 19.1 Å². The van der Waals surface area contributed by atoms with Gasteiger partial charge in [0, 0.05) is 4.88 Å². The summed E-state index contributed by atoms with van der Waals surface area (Å²) in [5, 5.41) is 3.05. The van der Waals surface area contributed by atoms with Gasteiger partial charge in [-0.25, -0.2) is 4.79 Å². The zero-order valence-corrected chi connectivity index (χ0v) is 16.1. The summed E-state index contributed by atoms with van der Waals surface area (Å²) in [6, 6.07) is 0. The number of likely N-dealkylation sites (tertiary alicyclic amines) is 1. The van der Waals surface area contributed by atoms with Gasteiger partial charge >= 0.3 is 5.97 Å². The molecule has 2 aliphatic carbocycles. The molecule has 4 unspecified atom stereocenters. The van der Waals surface area contributed by atoms with Crippen LogP contribution in [0.3, 0.4) is 0 Å². The number of allylic oxidation sites excluding steroid dienone is 2. The average molecular weight is 388 g/mol. The van der Waals surface area contributed by atoms with E-state index in [-0.39, 0.29) is 42.0 Å². The van der Waals surface area contributed by atoms with Crippen molar-refractivity contribution in [3.8, 4) is 0 Å². The Morgan fingerprint density at radius 2 is 1.78 bits per heavy atom. The second kappa shape index (κ2) is 6.30. The molecule has 27 heavy (non-hydrogen) atoms. The summed E-state index contributed by atoms with van der Waals surface area (Å²) < 4.78 is 4.79. The number of esters is 1. The minimum Gasteiger partial charge on any atom is -0.465 e. The Labute approximate surface area is 160 Å². The molecule has 0 aromatic carbocycles. The van der Waals surface area contributed by atoms with Gasteiger partial charge in [-0.15, -0.1) is 11.3 Å². The molecule has 1 N–H and O–H groups in total. The molecular weight excluding hydrogens is 368 g/mol. The second-order valence-electron chi connectivity index (χ2n) is 7.29. The molecule has 8 heteroatoms. The van der Waals surface area contributed by atoms with Gasteiger partial charge in [0.15, 0.2) is 0 Å². The lowest BCUT2D eigenvalue weighted by Crippen LogP contribution is -2.39. The van der Waals surface area contributed by atoms with Crippen molar-refractivity contribution < 1.29 is 23.9 Å². The Morgan fingerprint density at radius 1 is 1.19 bits per heavy atom. The maximum absolute atomic E-state index is 12.7. The molecule has 1 aliphatic heterocycles. The van der Waals surface area contributed by atoms with E-state index in [4.69, 9.17) is 4.74 Å². The summed E-state index contributed by atoms with van der Waals surface area (Å²) in [4.78, 5) is 51.8. The summed E-state index contributed by atoms with van der Waals surface area (Å²) >= 11 is 1.27. The summed E-state index contributed by atoms with van der Waals surface area (Å²) in [6.45, 7) is 3.30. The number of amides is 3. The van der Waals surface area contributed by atoms with Crippen LogP contribution in [0.25, 0.3) is 0 Å². The molecule has 2 heterocycles. The van der Waals surface area contributed by atoms with Crippen LogP contribution >= 0.6 is 11.3 Å². The lowest BCUT2D eigenvalue weighted by Gasteiger charge is -2.16. The lowest BCUT2D eigenvalue weighted by molar-refractivity contribution is -0.143. The van der Waals surface area contributed by atoms with Crippen LogP contribution in [0.4, 0.5) is 5.00 Å². The van der Waals surface area contributed by atoms with E-state index in [1.54, 1.807) is 6.92 Å². The zero-order chi connectivity index (χ0) is 19.5. The summed E-state index contributed by atoms with van der Waals surface area (Å²) in [7, 11) is 1.28. The van der Waals surface area contributed by atoms with Crippen LogP contribution in [0.15, 0.2) is 12.2 Å². The first-order chi connectivity index (χ1) is 12.8. The third kappa shape index (κ3) is 2.62. The van der Waals surface area contributed by atoms with Crippen molar-refractivity contribution in [1.29, 1.82) is 0 Å². The first-order valence-electron chi connectivity index (χ1n) is 8.85. The highest BCUT2D eigenvalue weighted by molar-refractivity contribution is 7.16. The van der Waals surface area contributed by atoms with Gasteiger partial charge in [0.2, 0.25) is 17.7 Å². The number of imide groups is 1. The molecule has 1 aromatic rings. The zero-order valence-electron chi connectivity index (χ0n) is 15.3. The number of anilines is 1. The first-order valence-corrected chi connectivity index (χ1v) is 9.66. The molecule has 1 saturated carbocycles. The van der Waals surface area contributed by atoms with Crippen LogP contribution in [-0.4, -0.2) is 42.2 Å². The van der Waals surface area contributed by atoms with E-state index in [0.717, 1.165) is 21.8 Å². The molecule has 4 atom stereocenters. The highest BCUT2D eigenvalue weighted by atomic mass is 32.1. The molecule has 3 aliphatic rings. The third-order valence-electron chi connectivity index (χ3n) is 5.89. The van der Waals surface area contributed by atoms with Crippen molar-refractivity contribution >= 4 is 40.0 Å². The van der Waals surface area contributed by atoms with E-state index in [9.17, 15) is 19.2 Å². The number of nitrogens with zero attached hydrogens (tertiary/aromatic N) is 1. The van der Waals surface area contributed by atoms with Crippen LogP contribution in [0, 0.1) is 37.5 Å². The summed E-state index contributed by atoms with van der Waals surface area (Å²) in [5.74, 6) is -1.97. The molecule has 1 saturated heterocycles. The Morgan fingerprint density at radius 3 is 2.33 bits per heavy atom. The van der Waals surface area contributed by atoms with Crippen molar-refractivity contribution in [1.82, 2.24) is 4.90 Å². The highest BCUT2D eigenvalue weighted by Gasteiger charge is 2.59. The van der Waals surface area contributed by atoms with Gasteiger partial charge in [-0.2, -0.15) is 0 Å². The number of fused-ring (bicyclic) bond motifs is 5. The van der Waals surface area contributed by atoms with Crippen LogP contribution in [0.1, 0.15) is 27.2 Å². The smallest absolute Gasteiger partial charge is 0.341 e. The third-order valence-corrected chi connectivity index (χ3v) is 7.01. The van der Waals surface area contributed by atoms with Crippen molar-refractivity contribution in [2.45, 2.75) is 20.3 Å². The SMILES string of the molecule is COC(=O)c1c(NC(=O)CN2C(=O)C3C4C=CC(C4)C3C2=O)sc(C)c1C. The van der Waals surface area contributed by atoms with E-state index >= 15 is 0 Å². The number of thiophene rings is 1. The van der Waals surface area contributed by atoms with Crippen LogP contribution < -0.4 is 5.32 Å².